The summed E-state index contributed by atoms with van der Waals surface area (Å²) in [5, 5.41) is 0. The van der Waals surface area contributed by atoms with E-state index >= 15 is 0 Å². The maximum atomic E-state index is 2.71. The first-order valence-corrected chi connectivity index (χ1v) is 30.0. The van der Waals surface area contributed by atoms with E-state index in [-0.39, 0.29) is 44.6 Å². The van der Waals surface area contributed by atoms with Crippen molar-refractivity contribution in [3.8, 4) is 11.1 Å². The highest BCUT2D eigenvalue weighted by atomic mass is 15.2. The molecule has 0 unspecified atom stereocenters. The Labute approximate surface area is 480 Å². The van der Waals surface area contributed by atoms with Crippen molar-refractivity contribution < 1.29 is 0 Å². The average Bonchev–Trinajstić information content (AvgIpc) is 3.75. The quantitative estimate of drug-likeness (QED) is 0.159. The number of aryl methyl sites for hydroxylation is 1. The van der Waals surface area contributed by atoms with E-state index in [4.69, 9.17) is 0 Å². The molecule has 0 radical (unpaired) electrons. The van der Waals surface area contributed by atoms with Gasteiger partial charge in [-0.05, 0) is 222 Å². The van der Waals surface area contributed by atoms with Crippen molar-refractivity contribution in [2.24, 2.45) is 0 Å². The highest BCUT2D eigenvalue weighted by molar-refractivity contribution is 7.00. The Morgan fingerprint density at radius 3 is 1.39 bits per heavy atom. The topological polar surface area (TPSA) is 9.72 Å². The molecule has 2 aliphatic heterocycles. The molecule has 2 heterocycles. The monoisotopic (exact) mass is 1050 g/mol. The summed E-state index contributed by atoms with van der Waals surface area (Å²) in [4.78, 5) is 7.86. The van der Waals surface area contributed by atoms with Gasteiger partial charge in [-0.3, -0.25) is 0 Å². The molecule has 0 saturated carbocycles. The zero-order valence-corrected chi connectivity index (χ0v) is 51.2. The van der Waals surface area contributed by atoms with Gasteiger partial charge in [-0.2, -0.15) is 0 Å². The van der Waals surface area contributed by atoms with E-state index in [9.17, 15) is 0 Å². The minimum absolute atomic E-state index is 0.0223. The molecular formula is C76H84BN3. The predicted octanol–water partition coefficient (Wildman–Crippen LogP) is 19.1. The number of hydrogen-bond acceptors (Lipinski definition) is 3. The molecule has 406 valence electrons. The van der Waals surface area contributed by atoms with Crippen molar-refractivity contribution in [3.63, 3.8) is 0 Å². The minimum Gasteiger partial charge on any atom is -0.311 e. The van der Waals surface area contributed by atoms with Crippen LogP contribution in [0.2, 0.25) is 0 Å². The van der Waals surface area contributed by atoms with Crippen molar-refractivity contribution in [2.45, 2.75) is 181 Å². The van der Waals surface area contributed by atoms with Crippen LogP contribution in [0.25, 0.3) is 11.1 Å². The minimum atomic E-state index is -0.110. The fourth-order valence-electron chi connectivity index (χ4n) is 15.1. The predicted molar refractivity (Wildman–Crippen MR) is 345 cm³/mol. The highest BCUT2D eigenvalue weighted by Crippen LogP contribution is 2.55. The number of nitrogens with zero attached hydrogens (tertiary/aromatic N) is 3. The van der Waals surface area contributed by atoms with E-state index in [1.165, 1.54) is 125 Å². The Morgan fingerprint density at radius 1 is 0.388 bits per heavy atom. The second-order valence-electron chi connectivity index (χ2n) is 30.1. The molecule has 0 fully saturated rings. The highest BCUT2D eigenvalue weighted by Gasteiger charge is 2.48. The van der Waals surface area contributed by atoms with Crippen molar-refractivity contribution in [3.05, 3.63) is 202 Å². The second kappa shape index (κ2) is 17.4. The number of rotatable bonds is 5. The van der Waals surface area contributed by atoms with Crippen molar-refractivity contribution in [1.82, 2.24) is 0 Å². The van der Waals surface area contributed by atoms with Crippen LogP contribution in [0.15, 0.2) is 152 Å². The van der Waals surface area contributed by atoms with E-state index in [0.717, 1.165) is 29.9 Å². The van der Waals surface area contributed by atoms with Crippen LogP contribution in [0.3, 0.4) is 0 Å². The fourth-order valence-corrected chi connectivity index (χ4v) is 15.1. The molecule has 0 aromatic heterocycles. The van der Waals surface area contributed by atoms with E-state index in [0.29, 0.717) is 0 Å². The average molecular weight is 1050 g/mol. The van der Waals surface area contributed by atoms with Crippen LogP contribution in [0, 0.1) is 6.92 Å². The zero-order chi connectivity index (χ0) is 56.6. The molecule has 0 amide bonds. The van der Waals surface area contributed by atoms with E-state index < -0.39 is 0 Å². The van der Waals surface area contributed by atoms with Crippen LogP contribution in [0.4, 0.5) is 51.2 Å². The third kappa shape index (κ3) is 8.02. The van der Waals surface area contributed by atoms with Gasteiger partial charge in [0.15, 0.2) is 0 Å². The summed E-state index contributed by atoms with van der Waals surface area (Å²) in [6, 6.07) is 60.6. The van der Waals surface area contributed by atoms with Crippen molar-refractivity contribution >= 4 is 74.3 Å². The van der Waals surface area contributed by atoms with E-state index in [1.807, 2.05) is 0 Å². The molecule has 0 N–H and O–H groups in total. The third-order valence-electron chi connectivity index (χ3n) is 20.3. The molecule has 0 saturated heterocycles. The van der Waals surface area contributed by atoms with Gasteiger partial charge in [0.05, 0.1) is 0 Å². The lowest BCUT2D eigenvalue weighted by Crippen LogP contribution is -2.62. The molecule has 3 aliphatic carbocycles. The molecule has 0 spiro atoms. The molecule has 8 aromatic rings. The van der Waals surface area contributed by atoms with Gasteiger partial charge in [-0.1, -0.05) is 184 Å². The molecule has 0 bridgehead atoms. The maximum Gasteiger partial charge on any atom is 0.252 e. The molecule has 4 heteroatoms. The number of fused-ring (bicyclic) bond motifs is 9. The second-order valence-corrected chi connectivity index (χ2v) is 30.1. The van der Waals surface area contributed by atoms with Gasteiger partial charge in [0.2, 0.25) is 0 Å². The Bertz CT molecular complexity index is 3790. The summed E-state index contributed by atoms with van der Waals surface area (Å²) >= 11 is 0. The molecular weight excluding hydrogens is 966 g/mol. The Kier molecular flexibility index (Phi) is 11.4. The molecule has 3 nitrogen and oxygen atoms in total. The van der Waals surface area contributed by atoms with Crippen LogP contribution in [0.1, 0.15) is 187 Å². The molecule has 0 atom stereocenters. The van der Waals surface area contributed by atoms with Gasteiger partial charge in [0.25, 0.3) is 6.71 Å². The normalized spacial score (nSPS) is 18.3. The van der Waals surface area contributed by atoms with E-state index in [1.54, 1.807) is 0 Å². The Hall–Kier alpha value is -6.78. The van der Waals surface area contributed by atoms with Crippen molar-refractivity contribution in [2.75, 3.05) is 14.7 Å². The largest absolute Gasteiger partial charge is 0.311 e. The summed E-state index contributed by atoms with van der Waals surface area (Å²) < 4.78 is 0. The van der Waals surface area contributed by atoms with Gasteiger partial charge in [-0.25, -0.2) is 0 Å². The first-order valence-electron chi connectivity index (χ1n) is 30.0. The smallest absolute Gasteiger partial charge is 0.252 e. The van der Waals surface area contributed by atoms with Crippen LogP contribution in [-0.2, 0) is 37.9 Å². The number of hydrogen-bond donors (Lipinski definition) is 0. The van der Waals surface area contributed by atoms with Gasteiger partial charge in [0, 0.05) is 56.6 Å². The fraction of sp³-hybridized carbons (Fsp3) is 0.368. The molecule has 5 aliphatic rings. The zero-order valence-electron chi connectivity index (χ0n) is 51.2. The molecule has 13 rings (SSSR count). The summed E-state index contributed by atoms with van der Waals surface area (Å²) in [6.45, 7) is 40.8. The van der Waals surface area contributed by atoms with Crippen molar-refractivity contribution in [1.29, 1.82) is 0 Å². The first-order chi connectivity index (χ1) is 37.5. The van der Waals surface area contributed by atoms with Gasteiger partial charge < -0.3 is 14.7 Å². The van der Waals surface area contributed by atoms with Crippen LogP contribution in [-0.4, -0.2) is 6.71 Å². The third-order valence-corrected chi connectivity index (χ3v) is 20.3. The summed E-state index contributed by atoms with van der Waals surface area (Å²) in [5.41, 5.74) is 30.5. The molecule has 80 heavy (non-hydrogen) atoms. The number of anilines is 9. The van der Waals surface area contributed by atoms with Gasteiger partial charge >= 0.3 is 0 Å². The Morgan fingerprint density at radius 2 is 0.838 bits per heavy atom. The maximum absolute atomic E-state index is 2.71. The van der Waals surface area contributed by atoms with Gasteiger partial charge in [0.1, 0.15) is 0 Å². The van der Waals surface area contributed by atoms with E-state index in [2.05, 4.69) is 284 Å². The standard InChI is InChI=1S/C76H84BN3/c1-47-40-67-69-68(41-47)80(53-31-34-59-60(43-53)73(10,11)37-36-72(59,8)9)66-46-62-61(74(12,13)38-39-75(62,14)15)45-64(66)77(69)63-35-32-54(44-65(63)79(67)52-30-33-58-56(42-52)55-20-18-19-21-57(55)76(58,16)17)78(50-26-22-48(23-27-50)70(2,3)4)51-28-24-49(25-29-51)71(5,6)7/h18-35,40-46H,36-39H2,1-17H3. The first kappa shape index (κ1) is 52.6. The van der Waals surface area contributed by atoms with Crippen LogP contribution < -0.4 is 31.1 Å². The van der Waals surface area contributed by atoms with Gasteiger partial charge in [-0.15, -0.1) is 0 Å². The number of benzene rings is 8. The Balaban J connectivity index is 1.11. The summed E-state index contributed by atoms with van der Waals surface area (Å²) in [6.07, 6.45) is 4.68. The lowest BCUT2D eigenvalue weighted by Gasteiger charge is -2.48. The molecule has 8 aromatic carbocycles. The lowest BCUT2D eigenvalue weighted by molar-refractivity contribution is 0.332. The summed E-state index contributed by atoms with van der Waals surface area (Å²) in [7, 11) is 0. The van der Waals surface area contributed by atoms with Crippen LogP contribution >= 0.6 is 0 Å². The lowest BCUT2D eigenvalue weighted by atomic mass is 9.33. The van der Waals surface area contributed by atoms with Crippen LogP contribution in [0.5, 0.6) is 0 Å². The SMILES string of the molecule is Cc1cc2c3c(c1)N(c1ccc4c(c1)C(C)(C)CCC4(C)C)c1cc4c(cc1B3c1ccc(N(c3ccc(C(C)(C)C)cc3)c3ccc(C(C)(C)C)cc3)cc1N2c1ccc2c(c1)-c1ccccc1C2(C)C)C(C)(C)CCC4(C)C. The summed E-state index contributed by atoms with van der Waals surface area (Å²) in [5.74, 6) is 0.